The van der Waals surface area contributed by atoms with E-state index in [1.54, 1.807) is 0 Å². The van der Waals surface area contributed by atoms with E-state index in [-0.39, 0.29) is 30.7 Å². The van der Waals surface area contributed by atoms with Crippen LogP contribution >= 0.6 is 24.8 Å². The molecule has 1 fully saturated rings. The number of halogens is 2. The lowest BCUT2D eigenvalue weighted by molar-refractivity contribution is 0.0527. The summed E-state index contributed by atoms with van der Waals surface area (Å²) in [6.07, 6.45) is -0.493. The highest BCUT2D eigenvalue weighted by Gasteiger charge is 2.23. The van der Waals surface area contributed by atoms with E-state index in [0.717, 1.165) is 24.2 Å². The van der Waals surface area contributed by atoms with E-state index in [1.807, 2.05) is 59.5 Å². The Morgan fingerprint density at radius 2 is 1.56 bits per heavy atom. The summed E-state index contributed by atoms with van der Waals surface area (Å²) in [5.41, 5.74) is 8.25. The van der Waals surface area contributed by atoms with Crippen molar-refractivity contribution in [2.24, 2.45) is 5.73 Å². The van der Waals surface area contributed by atoms with Gasteiger partial charge >= 0.3 is 0 Å². The number of amides is 1. The van der Waals surface area contributed by atoms with Crippen molar-refractivity contribution < 1.29 is 9.90 Å². The van der Waals surface area contributed by atoms with E-state index in [9.17, 15) is 9.90 Å². The predicted molar refractivity (Wildman–Crippen MR) is 113 cm³/mol. The van der Waals surface area contributed by atoms with Gasteiger partial charge in [-0.1, -0.05) is 42.5 Å². The van der Waals surface area contributed by atoms with Crippen molar-refractivity contribution in [2.75, 3.05) is 32.7 Å². The fraction of sp³-hybridized carbons (Fsp3) is 0.350. The first kappa shape index (κ1) is 23.4. The van der Waals surface area contributed by atoms with Crippen molar-refractivity contribution in [3.8, 4) is 0 Å². The Morgan fingerprint density at radius 3 is 2.11 bits per heavy atom. The molecule has 5 nitrogen and oxygen atoms in total. The van der Waals surface area contributed by atoms with Crippen LogP contribution in [0, 0.1) is 0 Å². The monoisotopic (exact) mass is 411 g/mol. The molecule has 0 spiro atoms. The molecule has 27 heavy (non-hydrogen) atoms. The Hall–Kier alpha value is -1.63. The van der Waals surface area contributed by atoms with E-state index < -0.39 is 6.10 Å². The average Bonchev–Trinajstić information content (AvgIpc) is 2.69. The highest BCUT2D eigenvalue weighted by molar-refractivity contribution is 5.94. The molecular weight excluding hydrogens is 385 g/mol. The SMILES string of the molecule is Cl.Cl.NCc1ccc(C(=O)N2CCN(CC(O)c3ccccc3)CC2)cc1. The molecule has 3 N–H and O–H groups in total. The Kier molecular flexibility index (Phi) is 9.77. The summed E-state index contributed by atoms with van der Waals surface area (Å²) in [6.45, 7) is 3.99. The first-order valence-corrected chi connectivity index (χ1v) is 8.71. The number of aliphatic hydroxyl groups is 1. The lowest BCUT2D eigenvalue weighted by atomic mass is 10.1. The van der Waals surface area contributed by atoms with Crippen LogP contribution < -0.4 is 5.73 Å². The smallest absolute Gasteiger partial charge is 0.253 e. The molecule has 3 rings (SSSR count). The molecule has 148 valence electrons. The van der Waals surface area contributed by atoms with E-state index >= 15 is 0 Å². The topological polar surface area (TPSA) is 69.8 Å². The van der Waals surface area contributed by atoms with E-state index in [4.69, 9.17) is 5.73 Å². The zero-order valence-electron chi connectivity index (χ0n) is 15.2. The first-order valence-electron chi connectivity index (χ1n) is 8.71. The number of carbonyl (C=O) groups is 1. The predicted octanol–water partition coefficient (Wildman–Crippen LogP) is 2.48. The molecular formula is C20H27Cl2N3O2. The van der Waals surface area contributed by atoms with Gasteiger partial charge in [0.1, 0.15) is 0 Å². The number of hydrogen-bond acceptors (Lipinski definition) is 4. The van der Waals surface area contributed by atoms with Gasteiger partial charge in [0.15, 0.2) is 0 Å². The van der Waals surface area contributed by atoms with Crippen molar-refractivity contribution in [3.63, 3.8) is 0 Å². The number of nitrogens with two attached hydrogens (primary N) is 1. The Labute approximate surface area is 173 Å². The largest absolute Gasteiger partial charge is 0.387 e. The van der Waals surface area contributed by atoms with Crippen molar-refractivity contribution >= 4 is 30.7 Å². The highest BCUT2D eigenvalue weighted by atomic mass is 35.5. The molecule has 0 aliphatic carbocycles. The van der Waals surface area contributed by atoms with E-state index in [0.29, 0.717) is 31.7 Å². The Morgan fingerprint density at radius 1 is 0.963 bits per heavy atom. The minimum atomic E-state index is -0.493. The summed E-state index contributed by atoms with van der Waals surface area (Å²) in [5.74, 6) is 0.0619. The first-order chi connectivity index (χ1) is 12.2. The lowest BCUT2D eigenvalue weighted by Crippen LogP contribution is -2.49. The lowest BCUT2D eigenvalue weighted by Gasteiger charge is -2.35. The van der Waals surface area contributed by atoms with E-state index in [1.165, 1.54) is 0 Å². The van der Waals surface area contributed by atoms with Crippen LogP contribution in [0.2, 0.25) is 0 Å². The third-order valence-corrected chi connectivity index (χ3v) is 4.71. The summed E-state index contributed by atoms with van der Waals surface area (Å²) < 4.78 is 0. The third-order valence-electron chi connectivity index (χ3n) is 4.71. The van der Waals surface area contributed by atoms with Gasteiger partial charge in [0.25, 0.3) is 5.91 Å². The molecule has 0 saturated carbocycles. The minimum Gasteiger partial charge on any atom is -0.387 e. The van der Waals surface area contributed by atoms with Gasteiger partial charge in [-0.05, 0) is 23.3 Å². The van der Waals surface area contributed by atoms with Gasteiger partial charge in [0, 0.05) is 44.8 Å². The second-order valence-corrected chi connectivity index (χ2v) is 6.42. The van der Waals surface area contributed by atoms with Gasteiger partial charge < -0.3 is 15.7 Å². The fourth-order valence-corrected chi connectivity index (χ4v) is 3.12. The Balaban J connectivity index is 0.00000182. The molecule has 7 heteroatoms. The summed E-state index contributed by atoms with van der Waals surface area (Å²) >= 11 is 0. The average molecular weight is 412 g/mol. The van der Waals surface area contributed by atoms with Crippen LogP contribution in [0.5, 0.6) is 0 Å². The van der Waals surface area contributed by atoms with Crippen LogP contribution in [0.3, 0.4) is 0 Å². The van der Waals surface area contributed by atoms with Gasteiger partial charge in [-0.25, -0.2) is 0 Å². The standard InChI is InChI=1S/C20H25N3O2.2ClH/c21-14-16-6-8-18(9-7-16)20(25)23-12-10-22(11-13-23)15-19(24)17-4-2-1-3-5-17;;/h1-9,19,24H,10-15,21H2;2*1H. The minimum absolute atomic E-state index is 0. The molecule has 1 atom stereocenters. The maximum absolute atomic E-state index is 12.6. The molecule has 0 bridgehead atoms. The number of hydrogen-bond donors (Lipinski definition) is 2. The number of piperazine rings is 1. The number of rotatable bonds is 5. The van der Waals surface area contributed by atoms with Crippen molar-refractivity contribution in [1.82, 2.24) is 9.80 Å². The van der Waals surface area contributed by atoms with Crippen molar-refractivity contribution in [1.29, 1.82) is 0 Å². The van der Waals surface area contributed by atoms with Crippen molar-refractivity contribution in [3.05, 3.63) is 71.3 Å². The van der Waals surface area contributed by atoms with Gasteiger partial charge in [-0.3, -0.25) is 9.69 Å². The van der Waals surface area contributed by atoms with Crippen LogP contribution in [-0.2, 0) is 6.54 Å². The molecule has 2 aromatic carbocycles. The Bertz CT molecular complexity index is 690. The quantitative estimate of drug-likeness (QED) is 0.792. The van der Waals surface area contributed by atoms with Crippen LogP contribution in [-0.4, -0.2) is 53.5 Å². The van der Waals surface area contributed by atoms with Gasteiger partial charge in [0.05, 0.1) is 6.10 Å². The maximum atomic E-state index is 12.6. The summed E-state index contributed by atoms with van der Waals surface area (Å²) in [6, 6.07) is 17.2. The zero-order chi connectivity index (χ0) is 17.6. The highest BCUT2D eigenvalue weighted by Crippen LogP contribution is 2.16. The maximum Gasteiger partial charge on any atom is 0.253 e. The summed E-state index contributed by atoms with van der Waals surface area (Å²) in [5, 5.41) is 10.3. The van der Waals surface area contributed by atoms with Crippen LogP contribution in [0.15, 0.2) is 54.6 Å². The normalized spacial score (nSPS) is 15.4. The molecule has 1 aliphatic heterocycles. The zero-order valence-corrected chi connectivity index (χ0v) is 16.8. The summed E-state index contributed by atoms with van der Waals surface area (Å²) in [7, 11) is 0. The number of aliphatic hydroxyl groups excluding tert-OH is 1. The second kappa shape index (κ2) is 11.3. The van der Waals surface area contributed by atoms with E-state index in [2.05, 4.69) is 4.90 Å². The van der Waals surface area contributed by atoms with Gasteiger partial charge in [-0.2, -0.15) is 0 Å². The van der Waals surface area contributed by atoms with Crippen LogP contribution in [0.4, 0.5) is 0 Å². The number of β-amino-alcohol motifs (C(OH)–C–C–N with tert-alkyl or cyclic N) is 1. The molecule has 0 radical (unpaired) electrons. The molecule has 2 aromatic rings. The van der Waals surface area contributed by atoms with Crippen LogP contribution in [0.25, 0.3) is 0 Å². The molecule has 1 aliphatic rings. The third kappa shape index (κ3) is 6.19. The van der Waals surface area contributed by atoms with Crippen molar-refractivity contribution in [2.45, 2.75) is 12.6 Å². The number of benzene rings is 2. The number of carbonyl (C=O) groups excluding carboxylic acids is 1. The fourth-order valence-electron chi connectivity index (χ4n) is 3.12. The van der Waals surface area contributed by atoms with Crippen LogP contribution in [0.1, 0.15) is 27.6 Å². The molecule has 1 saturated heterocycles. The van der Waals surface area contributed by atoms with Gasteiger partial charge in [0.2, 0.25) is 0 Å². The molecule has 1 amide bonds. The van der Waals surface area contributed by atoms with Gasteiger partial charge in [-0.15, -0.1) is 24.8 Å². The second-order valence-electron chi connectivity index (χ2n) is 6.42. The summed E-state index contributed by atoms with van der Waals surface area (Å²) in [4.78, 5) is 16.7. The number of nitrogens with zero attached hydrogens (tertiary/aromatic N) is 2. The molecule has 0 aromatic heterocycles. The molecule has 1 heterocycles. The molecule has 1 unspecified atom stereocenters.